The van der Waals surface area contributed by atoms with Gasteiger partial charge in [-0.3, -0.25) is 0 Å². The van der Waals surface area contributed by atoms with Crippen LogP contribution in [0.5, 0.6) is 0 Å². The van der Waals surface area contributed by atoms with E-state index in [9.17, 15) is 8.42 Å². The summed E-state index contributed by atoms with van der Waals surface area (Å²) in [6.45, 7) is 0.578. The highest BCUT2D eigenvalue weighted by Gasteiger charge is 2.27. The molecule has 0 saturated carbocycles. The summed E-state index contributed by atoms with van der Waals surface area (Å²) in [4.78, 5) is 7.66. The van der Waals surface area contributed by atoms with Crippen LogP contribution in [0, 0.1) is 0 Å². The first kappa shape index (κ1) is 11.7. The van der Waals surface area contributed by atoms with Gasteiger partial charge < -0.3 is 10.3 Å². The van der Waals surface area contributed by atoms with Gasteiger partial charge >= 0.3 is 0 Å². The molecule has 2 aromatic rings. The van der Waals surface area contributed by atoms with Crippen LogP contribution in [0.1, 0.15) is 12.2 Å². The van der Waals surface area contributed by atoms with E-state index < -0.39 is 9.84 Å². The molecule has 1 aliphatic heterocycles. The highest BCUT2D eigenvalue weighted by atomic mass is 32.2. The van der Waals surface area contributed by atoms with Crippen molar-refractivity contribution in [2.75, 3.05) is 11.5 Å². The van der Waals surface area contributed by atoms with E-state index in [4.69, 9.17) is 0 Å². The molecule has 0 radical (unpaired) electrons. The van der Waals surface area contributed by atoms with Gasteiger partial charge in [-0.05, 0) is 18.6 Å². The number of aromatic amines is 1. The van der Waals surface area contributed by atoms with Gasteiger partial charge in [0.1, 0.15) is 5.82 Å². The molecule has 2 N–H and O–H groups in total. The van der Waals surface area contributed by atoms with Crippen molar-refractivity contribution < 1.29 is 8.42 Å². The monoisotopic (exact) mass is 265 g/mol. The van der Waals surface area contributed by atoms with Gasteiger partial charge in [0, 0.05) is 6.04 Å². The molecule has 5 nitrogen and oxygen atoms in total. The summed E-state index contributed by atoms with van der Waals surface area (Å²) in [5.41, 5.74) is 1.95. The molecule has 1 saturated heterocycles. The Kier molecular flexibility index (Phi) is 2.83. The van der Waals surface area contributed by atoms with Gasteiger partial charge in [0.25, 0.3) is 0 Å². The van der Waals surface area contributed by atoms with Gasteiger partial charge in [-0.25, -0.2) is 13.4 Å². The fraction of sp³-hybridized carbons (Fsp3) is 0.417. The van der Waals surface area contributed by atoms with Crippen LogP contribution in [0.2, 0.25) is 0 Å². The Morgan fingerprint density at radius 3 is 2.94 bits per heavy atom. The van der Waals surface area contributed by atoms with Crippen LogP contribution in [0.3, 0.4) is 0 Å². The number of benzene rings is 1. The summed E-state index contributed by atoms with van der Waals surface area (Å²) in [6.07, 6.45) is 0.697. The maximum absolute atomic E-state index is 11.3. The molecule has 1 fully saturated rings. The van der Waals surface area contributed by atoms with Gasteiger partial charge in [-0.1, -0.05) is 12.1 Å². The third kappa shape index (κ3) is 2.39. The number of imidazole rings is 1. The predicted octanol–water partition coefficient (Wildman–Crippen LogP) is 0.840. The number of para-hydroxylation sites is 2. The summed E-state index contributed by atoms with van der Waals surface area (Å²) in [6, 6.07) is 7.90. The zero-order valence-electron chi connectivity index (χ0n) is 9.89. The minimum atomic E-state index is -2.82. The van der Waals surface area contributed by atoms with Gasteiger partial charge in [-0.15, -0.1) is 0 Å². The highest BCUT2D eigenvalue weighted by Crippen LogP contribution is 2.13. The molecule has 2 heterocycles. The molecular weight excluding hydrogens is 250 g/mol. The minimum absolute atomic E-state index is 0.0585. The van der Waals surface area contributed by atoms with E-state index in [0.717, 1.165) is 16.9 Å². The maximum atomic E-state index is 11.3. The molecule has 96 valence electrons. The van der Waals surface area contributed by atoms with Crippen molar-refractivity contribution in [2.45, 2.75) is 19.0 Å². The van der Waals surface area contributed by atoms with Crippen molar-refractivity contribution in [3.63, 3.8) is 0 Å². The van der Waals surface area contributed by atoms with Crippen molar-refractivity contribution in [1.29, 1.82) is 0 Å². The van der Waals surface area contributed by atoms with Crippen LogP contribution in [0.15, 0.2) is 24.3 Å². The molecule has 1 aromatic heterocycles. The second-order valence-electron chi connectivity index (χ2n) is 4.68. The van der Waals surface area contributed by atoms with Crippen LogP contribution >= 0.6 is 0 Å². The molecule has 1 unspecified atom stereocenters. The van der Waals surface area contributed by atoms with Crippen molar-refractivity contribution >= 4 is 20.9 Å². The molecule has 6 heteroatoms. The Morgan fingerprint density at radius 1 is 1.39 bits per heavy atom. The summed E-state index contributed by atoms with van der Waals surface area (Å²) in [5, 5.41) is 3.24. The fourth-order valence-electron chi connectivity index (χ4n) is 2.29. The number of H-pyrrole nitrogens is 1. The number of nitrogens with zero attached hydrogens (tertiary/aromatic N) is 1. The number of rotatable bonds is 3. The number of sulfone groups is 1. The molecule has 3 rings (SSSR count). The normalized spacial score (nSPS) is 22.6. The zero-order chi connectivity index (χ0) is 12.6. The average Bonchev–Trinajstić information content (AvgIpc) is 2.89. The van der Waals surface area contributed by atoms with E-state index in [1.807, 2.05) is 24.3 Å². The highest BCUT2D eigenvalue weighted by molar-refractivity contribution is 7.91. The van der Waals surface area contributed by atoms with Gasteiger partial charge in [0.15, 0.2) is 9.84 Å². The fourth-order valence-corrected chi connectivity index (χ4v) is 3.99. The predicted molar refractivity (Wildman–Crippen MR) is 70.0 cm³/mol. The lowest BCUT2D eigenvalue weighted by molar-refractivity contribution is 0.544. The van der Waals surface area contributed by atoms with Crippen molar-refractivity contribution in [2.24, 2.45) is 0 Å². The first-order chi connectivity index (χ1) is 8.62. The number of aromatic nitrogens is 2. The standard InChI is InChI=1S/C12H15N3O2S/c16-18(17)6-5-9(8-18)13-7-12-14-10-3-1-2-4-11(10)15-12/h1-4,9,13H,5-8H2,(H,14,15). The molecule has 0 aliphatic carbocycles. The Balaban J connectivity index is 1.67. The number of hydrogen-bond acceptors (Lipinski definition) is 4. The molecule has 0 amide bonds. The summed E-state index contributed by atoms with van der Waals surface area (Å²) >= 11 is 0. The van der Waals surface area contributed by atoms with Crippen molar-refractivity contribution in [3.05, 3.63) is 30.1 Å². The Hall–Kier alpha value is -1.40. The Morgan fingerprint density at radius 2 is 2.22 bits per heavy atom. The van der Waals surface area contributed by atoms with E-state index in [1.165, 1.54) is 0 Å². The number of nitrogens with one attached hydrogen (secondary N) is 2. The van der Waals surface area contributed by atoms with Crippen LogP contribution in [-0.4, -0.2) is 35.9 Å². The van der Waals surface area contributed by atoms with E-state index in [-0.39, 0.29) is 11.8 Å². The second-order valence-corrected chi connectivity index (χ2v) is 6.91. The molecule has 1 aliphatic rings. The first-order valence-corrected chi connectivity index (χ1v) is 7.82. The van der Waals surface area contributed by atoms with Crippen LogP contribution in [0.25, 0.3) is 11.0 Å². The van der Waals surface area contributed by atoms with Crippen LogP contribution < -0.4 is 5.32 Å². The first-order valence-electron chi connectivity index (χ1n) is 6.00. The summed E-state index contributed by atoms with van der Waals surface area (Å²) in [7, 11) is -2.82. The lowest BCUT2D eigenvalue weighted by atomic mass is 10.2. The lowest BCUT2D eigenvalue weighted by Crippen LogP contribution is -2.29. The third-order valence-corrected chi connectivity index (χ3v) is 5.00. The zero-order valence-corrected chi connectivity index (χ0v) is 10.7. The van der Waals surface area contributed by atoms with Crippen LogP contribution in [-0.2, 0) is 16.4 Å². The molecule has 18 heavy (non-hydrogen) atoms. The Bertz CT molecular complexity index is 630. The number of hydrogen-bond donors (Lipinski definition) is 2. The number of fused-ring (bicyclic) bond motifs is 1. The molecule has 0 spiro atoms. The second kappa shape index (κ2) is 4.37. The quantitative estimate of drug-likeness (QED) is 0.862. The lowest BCUT2D eigenvalue weighted by Gasteiger charge is -2.08. The molecule has 1 aromatic carbocycles. The van der Waals surface area contributed by atoms with Crippen molar-refractivity contribution in [3.8, 4) is 0 Å². The largest absolute Gasteiger partial charge is 0.341 e. The average molecular weight is 265 g/mol. The SMILES string of the molecule is O=S1(=O)CCC(NCc2nc3ccccc3[nH]2)C1. The van der Waals surface area contributed by atoms with Gasteiger partial charge in [0.05, 0.1) is 29.1 Å². The van der Waals surface area contributed by atoms with E-state index in [1.54, 1.807) is 0 Å². The van der Waals surface area contributed by atoms with Gasteiger partial charge in [0.2, 0.25) is 0 Å². The van der Waals surface area contributed by atoms with Crippen LogP contribution in [0.4, 0.5) is 0 Å². The Labute approximate surface area is 106 Å². The van der Waals surface area contributed by atoms with E-state index in [2.05, 4.69) is 15.3 Å². The van der Waals surface area contributed by atoms with E-state index >= 15 is 0 Å². The van der Waals surface area contributed by atoms with E-state index in [0.29, 0.717) is 18.7 Å². The van der Waals surface area contributed by atoms with Gasteiger partial charge in [-0.2, -0.15) is 0 Å². The molecule has 0 bridgehead atoms. The topological polar surface area (TPSA) is 74.8 Å². The smallest absolute Gasteiger partial charge is 0.151 e. The summed E-state index contributed by atoms with van der Waals surface area (Å²) in [5.74, 6) is 1.39. The minimum Gasteiger partial charge on any atom is -0.341 e. The molecular formula is C12H15N3O2S. The third-order valence-electron chi connectivity index (χ3n) is 3.23. The molecule has 1 atom stereocenters. The maximum Gasteiger partial charge on any atom is 0.151 e. The van der Waals surface area contributed by atoms with Crippen molar-refractivity contribution in [1.82, 2.24) is 15.3 Å². The summed E-state index contributed by atoms with van der Waals surface area (Å²) < 4.78 is 22.7.